The second kappa shape index (κ2) is 10.0. The van der Waals surface area contributed by atoms with Crippen LogP contribution in [0.1, 0.15) is 12.0 Å². The van der Waals surface area contributed by atoms with E-state index in [2.05, 4.69) is 10.6 Å². The summed E-state index contributed by atoms with van der Waals surface area (Å²) in [6.45, 7) is 0.749. The Balaban J connectivity index is 1.79. The highest BCUT2D eigenvalue weighted by Gasteiger charge is 2.12. The van der Waals surface area contributed by atoms with Crippen LogP contribution in [0.15, 0.2) is 42.5 Å². The minimum Gasteiger partial charge on any atom is -0.493 e. The van der Waals surface area contributed by atoms with Gasteiger partial charge in [0.15, 0.2) is 11.5 Å². The van der Waals surface area contributed by atoms with Crippen LogP contribution in [0.2, 0.25) is 0 Å². The standard InChI is InChI=1S/C19H23N3O5/c1-26-17-9-5-6-14(19(17)27-2)10-11-18(23)21-13-12-20-15-7-3-4-8-16(15)22(24)25/h3-9,20H,10-13H2,1-2H3,(H,21,23). The molecule has 0 radical (unpaired) electrons. The Morgan fingerprint density at radius 3 is 2.56 bits per heavy atom. The topological polar surface area (TPSA) is 103 Å². The number of nitrogens with one attached hydrogen (secondary N) is 2. The third-order valence-electron chi connectivity index (χ3n) is 3.97. The number of nitrogens with zero attached hydrogens (tertiary/aromatic N) is 1. The van der Waals surface area contributed by atoms with Crippen molar-refractivity contribution in [1.82, 2.24) is 5.32 Å². The van der Waals surface area contributed by atoms with Gasteiger partial charge in [-0.1, -0.05) is 24.3 Å². The number of amides is 1. The summed E-state index contributed by atoms with van der Waals surface area (Å²) >= 11 is 0. The Hall–Kier alpha value is -3.29. The first-order valence-corrected chi connectivity index (χ1v) is 8.50. The second-order valence-electron chi connectivity index (χ2n) is 5.70. The third-order valence-corrected chi connectivity index (χ3v) is 3.97. The number of nitro benzene ring substituents is 1. The Labute approximate surface area is 157 Å². The van der Waals surface area contributed by atoms with Gasteiger partial charge in [-0.15, -0.1) is 0 Å². The molecule has 0 fully saturated rings. The fraction of sp³-hybridized carbons (Fsp3) is 0.316. The Kier molecular flexibility index (Phi) is 7.42. The van der Waals surface area contributed by atoms with Crippen molar-refractivity contribution in [2.45, 2.75) is 12.8 Å². The number of methoxy groups -OCH3 is 2. The molecule has 0 heterocycles. The van der Waals surface area contributed by atoms with Crippen LogP contribution in [0.3, 0.4) is 0 Å². The minimum atomic E-state index is -0.442. The van der Waals surface area contributed by atoms with Gasteiger partial charge < -0.3 is 20.1 Å². The fourth-order valence-corrected chi connectivity index (χ4v) is 2.67. The summed E-state index contributed by atoms with van der Waals surface area (Å²) in [5.41, 5.74) is 1.33. The van der Waals surface area contributed by atoms with Gasteiger partial charge in [0.1, 0.15) is 5.69 Å². The maximum absolute atomic E-state index is 12.0. The Morgan fingerprint density at radius 2 is 1.85 bits per heavy atom. The average Bonchev–Trinajstić information content (AvgIpc) is 2.69. The zero-order valence-corrected chi connectivity index (χ0v) is 15.4. The number of nitro groups is 1. The quantitative estimate of drug-likeness (QED) is 0.377. The molecule has 0 saturated carbocycles. The molecule has 0 aromatic heterocycles. The van der Waals surface area contributed by atoms with Gasteiger partial charge in [-0.05, 0) is 24.1 Å². The van der Waals surface area contributed by atoms with Crippen LogP contribution in [0, 0.1) is 10.1 Å². The highest BCUT2D eigenvalue weighted by atomic mass is 16.6. The van der Waals surface area contributed by atoms with E-state index in [1.807, 2.05) is 12.1 Å². The summed E-state index contributed by atoms with van der Waals surface area (Å²) in [7, 11) is 3.13. The van der Waals surface area contributed by atoms with Gasteiger partial charge in [0.2, 0.25) is 5.91 Å². The highest BCUT2D eigenvalue weighted by molar-refractivity contribution is 5.76. The molecule has 0 aliphatic rings. The molecular weight excluding hydrogens is 350 g/mol. The molecule has 0 aliphatic heterocycles. The number of benzene rings is 2. The van der Waals surface area contributed by atoms with Crippen molar-refractivity contribution in [2.75, 3.05) is 32.6 Å². The molecule has 2 N–H and O–H groups in total. The zero-order valence-electron chi connectivity index (χ0n) is 15.4. The lowest BCUT2D eigenvalue weighted by Gasteiger charge is -2.12. The minimum absolute atomic E-state index is 0.00828. The van der Waals surface area contributed by atoms with E-state index in [4.69, 9.17) is 9.47 Å². The molecule has 1 amide bonds. The molecule has 27 heavy (non-hydrogen) atoms. The van der Waals surface area contributed by atoms with Crippen molar-refractivity contribution in [3.63, 3.8) is 0 Å². The molecule has 2 aromatic carbocycles. The predicted octanol–water partition coefficient (Wildman–Crippen LogP) is 2.77. The molecule has 2 rings (SSSR count). The molecule has 0 spiro atoms. The number of hydrogen-bond acceptors (Lipinski definition) is 6. The summed E-state index contributed by atoms with van der Waals surface area (Å²) in [4.78, 5) is 22.6. The molecule has 0 atom stereocenters. The molecular formula is C19H23N3O5. The first kappa shape index (κ1) is 20.0. The first-order valence-electron chi connectivity index (χ1n) is 8.50. The van der Waals surface area contributed by atoms with E-state index in [1.54, 1.807) is 38.5 Å². The number of carbonyl (C=O) groups is 1. The van der Waals surface area contributed by atoms with E-state index < -0.39 is 4.92 Å². The lowest BCUT2D eigenvalue weighted by molar-refractivity contribution is -0.384. The van der Waals surface area contributed by atoms with Crippen LogP contribution in [-0.2, 0) is 11.2 Å². The summed E-state index contributed by atoms with van der Waals surface area (Å²) in [6, 6.07) is 11.9. The number of ether oxygens (including phenoxy) is 2. The van der Waals surface area contributed by atoms with E-state index in [1.165, 1.54) is 6.07 Å². The van der Waals surface area contributed by atoms with E-state index in [0.29, 0.717) is 43.1 Å². The zero-order chi connectivity index (χ0) is 19.6. The van der Waals surface area contributed by atoms with Crippen molar-refractivity contribution < 1.29 is 19.2 Å². The van der Waals surface area contributed by atoms with Gasteiger partial charge in [0.25, 0.3) is 5.69 Å². The van der Waals surface area contributed by atoms with Gasteiger partial charge in [0, 0.05) is 25.6 Å². The van der Waals surface area contributed by atoms with E-state index in [-0.39, 0.29) is 11.6 Å². The van der Waals surface area contributed by atoms with Crippen molar-refractivity contribution >= 4 is 17.3 Å². The molecule has 0 saturated heterocycles. The number of rotatable bonds is 10. The lowest BCUT2D eigenvalue weighted by Crippen LogP contribution is -2.29. The van der Waals surface area contributed by atoms with Gasteiger partial charge in [0.05, 0.1) is 19.1 Å². The normalized spacial score (nSPS) is 10.1. The van der Waals surface area contributed by atoms with Crippen LogP contribution in [0.5, 0.6) is 11.5 Å². The number of para-hydroxylation sites is 3. The van der Waals surface area contributed by atoms with Crippen molar-refractivity contribution in [3.05, 3.63) is 58.1 Å². The monoisotopic (exact) mass is 373 g/mol. The van der Waals surface area contributed by atoms with E-state index in [0.717, 1.165) is 5.56 Å². The molecule has 8 nitrogen and oxygen atoms in total. The first-order chi connectivity index (χ1) is 13.1. The molecule has 144 valence electrons. The number of carbonyl (C=O) groups excluding carboxylic acids is 1. The molecule has 2 aromatic rings. The molecule has 0 unspecified atom stereocenters. The smallest absolute Gasteiger partial charge is 0.292 e. The van der Waals surface area contributed by atoms with Crippen molar-refractivity contribution in [1.29, 1.82) is 0 Å². The second-order valence-corrected chi connectivity index (χ2v) is 5.70. The van der Waals surface area contributed by atoms with E-state index in [9.17, 15) is 14.9 Å². The van der Waals surface area contributed by atoms with E-state index >= 15 is 0 Å². The summed E-state index contributed by atoms with van der Waals surface area (Å²) < 4.78 is 10.6. The molecule has 0 bridgehead atoms. The summed E-state index contributed by atoms with van der Waals surface area (Å²) in [5.74, 6) is 1.15. The van der Waals surface area contributed by atoms with Gasteiger partial charge >= 0.3 is 0 Å². The SMILES string of the molecule is COc1cccc(CCC(=O)NCCNc2ccccc2[N+](=O)[O-])c1OC. The lowest BCUT2D eigenvalue weighted by atomic mass is 10.1. The van der Waals surface area contributed by atoms with Crippen molar-refractivity contribution in [2.24, 2.45) is 0 Å². The number of hydrogen-bond donors (Lipinski definition) is 2. The van der Waals surface area contributed by atoms with Crippen LogP contribution in [-0.4, -0.2) is 38.1 Å². The third kappa shape index (κ3) is 5.60. The van der Waals surface area contributed by atoms with Gasteiger partial charge in [-0.2, -0.15) is 0 Å². The van der Waals surface area contributed by atoms with Crippen LogP contribution < -0.4 is 20.1 Å². The van der Waals surface area contributed by atoms with Gasteiger partial charge in [-0.25, -0.2) is 0 Å². The fourth-order valence-electron chi connectivity index (χ4n) is 2.67. The van der Waals surface area contributed by atoms with Crippen LogP contribution in [0.25, 0.3) is 0 Å². The summed E-state index contributed by atoms with van der Waals surface area (Å²) in [6.07, 6.45) is 0.818. The largest absolute Gasteiger partial charge is 0.493 e. The Bertz CT molecular complexity index is 795. The van der Waals surface area contributed by atoms with Gasteiger partial charge in [-0.3, -0.25) is 14.9 Å². The predicted molar refractivity (Wildman–Crippen MR) is 102 cm³/mol. The van der Waals surface area contributed by atoms with Crippen LogP contribution >= 0.6 is 0 Å². The van der Waals surface area contributed by atoms with Crippen molar-refractivity contribution in [3.8, 4) is 11.5 Å². The number of anilines is 1. The molecule has 0 aliphatic carbocycles. The van der Waals surface area contributed by atoms with Crippen LogP contribution in [0.4, 0.5) is 11.4 Å². The highest BCUT2D eigenvalue weighted by Crippen LogP contribution is 2.31. The maximum Gasteiger partial charge on any atom is 0.292 e. The summed E-state index contributed by atoms with van der Waals surface area (Å²) in [5, 5.41) is 16.7. The Morgan fingerprint density at radius 1 is 1.07 bits per heavy atom. The maximum atomic E-state index is 12.0. The molecule has 8 heteroatoms. The average molecular weight is 373 g/mol. The number of aryl methyl sites for hydroxylation is 1.